The fourth-order valence-electron chi connectivity index (χ4n) is 8.44. The second-order valence-corrected chi connectivity index (χ2v) is 17.1. The van der Waals surface area contributed by atoms with Crippen molar-refractivity contribution in [2.24, 2.45) is 23.7 Å². The average Bonchev–Trinajstić information content (AvgIpc) is 3.30. The number of ether oxygens (including phenoxy) is 2. The molecule has 11 heteroatoms. The van der Waals surface area contributed by atoms with Gasteiger partial charge in [-0.2, -0.15) is 0 Å². The number of nitrogens with zero attached hydrogens (tertiary/aromatic N) is 2. The lowest BCUT2D eigenvalue weighted by atomic mass is 9.62. The van der Waals surface area contributed by atoms with Crippen LogP contribution in [0.5, 0.6) is 5.75 Å². The quantitative estimate of drug-likeness (QED) is 0.284. The SMILES string of the molecule is CO[C@]1(Cc2cc(C)on2)/C=C/C[C@H](C)[C@@H](C)S(=O)(=O)NC(=O)c2ccc3c(c2)N(C[C@H]2CCCc4cc(Cl)ccc4C2O3)C[C@@H]2CC[C@H]21. The summed E-state index contributed by atoms with van der Waals surface area (Å²) in [5, 5.41) is 4.25. The van der Waals surface area contributed by atoms with Crippen LogP contribution in [0.2, 0.25) is 5.02 Å². The summed E-state index contributed by atoms with van der Waals surface area (Å²) in [5.41, 5.74) is 3.63. The maximum atomic E-state index is 13.6. The Morgan fingerprint density at radius 3 is 2.63 bits per heavy atom. The van der Waals surface area contributed by atoms with E-state index in [9.17, 15) is 13.2 Å². The highest BCUT2D eigenvalue weighted by Gasteiger charge is 2.48. The molecule has 3 aromatic rings. The van der Waals surface area contributed by atoms with E-state index in [1.807, 2.05) is 38.1 Å². The van der Waals surface area contributed by atoms with Gasteiger partial charge in [-0.1, -0.05) is 41.9 Å². The first-order chi connectivity index (χ1) is 23.5. The predicted molar refractivity (Wildman–Crippen MR) is 190 cm³/mol. The Morgan fingerprint density at radius 2 is 1.90 bits per heavy atom. The number of benzene rings is 2. The van der Waals surface area contributed by atoms with Gasteiger partial charge in [0, 0.05) is 49.2 Å². The number of fused-ring (bicyclic) bond motifs is 5. The molecule has 1 aromatic heterocycles. The van der Waals surface area contributed by atoms with Gasteiger partial charge in [0.15, 0.2) is 0 Å². The summed E-state index contributed by atoms with van der Waals surface area (Å²) in [6.45, 7) is 6.92. The summed E-state index contributed by atoms with van der Waals surface area (Å²) in [6.07, 6.45) is 10.0. The minimum atomic E-state index is -3.97. The van der Waals surface area contributed by atoms with E-state index in [1.165, 1.54) is 5.56 Å². The van der Waals surface area contributed by atoms with Gasteiger partial charge in [-0.3, -0.25) is 4.79 Å². The van der Waals surface area contributed by atoms with E-state index in [1.54, 1.807) is 20.1 Å². The van der Waals surface area contributed by atoms with E-state index in [0.29, 0.717) is 24.5 Å². The molecule has 0 radical (unpaired) electrons. The van der Waals surface area contributed by atoms with Crippen molar-refractivity contribution < 1.29 is 27.2 Å². The number of aromatic nitrogens is 1. The Kier molecular flexibility index (Phi) is 9.34. The lowest BCUT2D eigenvalue weighted by Crippen LogP contribution is -2.52. The molecule has 2 aliphatic heterocycles. The molecule has 7 rings (SSSR count). The van der Waals surface area contributed by atoms with E-state index < -0.39 is 26.8 Å². The van der Waals surface area contributed by atoms with Crippen molar-refractivity contribution in [1.29, 1.82) is 0 Å². The van der Waals surface area contributed by atoms with Crippen molar-refractivity contribution in [2.45, 2.75) is 82.7 Å². The smallest absolute Gasteiger partial charge is 0.264 e. The first-order valence-electron chi connectivity index (χ1n) is 17.5. The van der Waals surface area contributed by atoms with Gasteiger partial charge in [-0.15, -0.1) is 0 Å². The normalized spacial score (nSPS) is 31.8. The van der Waals surface area contributed by atoms with Crippen molar-refractivity contribution in [2.75, 3.05) is 25.1 Å². The number of hydrogen-bond donors (Lipinski definition) is 1. The minimum Gasteiger partial charge on any atom is -0.483 e. The highest BCUT2D eigenvalue weighted by Crippen LogP contribution is 2.49. The van der Waals surface area contributed by atoms with Crippen LogP contribution in [0.15, 0.2) is 59.1 Å². The van der Waals surface area contributed by atoms with Gasteiger partial charge in [0.25, 0.3) is 5.91 Å². The first-order valence-corrected chi connectivity index (χ1v) is 19.4. The molecule has 49 heavy (non-hydrogen) atoms. The number of carbonyl (C=O) groups is 1. The fourth-order valence-corrected chi connectivity index (χ4v) is 9.92. The molecule has 1 saturated carbocycles. The predicted octanol–water partition coefficient (Wildman–Crippen LogP) is 7.23. The van der Waals surface area contributed by atoms with Gasteiger partial charge in [0.1, 0.15) is 17.6 Å². The number of amides is 1. The van der Waals surface area contributed by atoms with Crippen molar-refractivity contribution in [1.82, 2.24) is 9.88 Å². The highest BCUT2D eigenvalue weighted by atomic mass is 35.5. The number of rotatable bonds is 3. The maximum absolute atomic E-state index is 13.6. The first kappa shape index (κ1) is 34.1. The number of allylic oxidation sites excluding steroid dienone is 1. The van der Waals surface area contributed by atoms with Crippen LogP contribution in [0.1, 0.15) is 85.0 Å². The third-order valence-electron chi connectivity index (χ3n) is 11.6. The Labute approximate surface area is 294 Å². The zero-order valence-electron chi connectivity index (χ0n) is 28.7. The van der Waals surface area contributed by atoms with Crippen molar-refractivity contribution in [3.8, 4) is 5.75 Å². The topological polar surface area (TPSA) is 111 Å². The number of carbonyl (C=O) groups excluding carboxylic acids is 1. The highest BCUT2D eigenvalue weighted by molar-refractivity contribution is 7.90. The van der Waals surface area contributed by atoms with Crippen LogP contribution in [0.25, 0.3) is 0 Å². The molecular weight excluding hydrogens is 662 g/mol. The summed E-state index contributed by atoms with van der Waals surface area (Å²) in [6, 6.07) is 13.4. The third kappa shape index (κ3) is 6.64. The van der Waals surface area contributed by atoms with E-state index in [-0.39, 0.29) is 29.4 Å². The van der Waals surface area contributed by atoms with Crippen LogP contribution in [0.4, 0.5) is 5.69 Å². The molecule has 1 fully saturated rings. The molecule has 7 atom stereocenters. The molecule has 9 nitrogen and oxygen atoms in total. The molecule has 262 valence electrons. The van der Waals surface area contributed by atoms with Gasteiger partial charge >= 0.3 is 0 Å². The van der Waals surface area contributed by atoms with Gasteiger partial charge < -0.3 is 18.9 Å². The number of anilines is 1. The number of hydrogen-bond acceptors (Lipinski definition) is 8. The summed E-state index contributed by atoms with van der Waals surface area (Å²) < 4.78 is 48.2. The van der Waals surface area contributed by atoms with Crippen LogP contribution >= 0.6 is 11.6 Å². The van der Waals surface area contributed by atoms with Crippen molar-refractivity contribution in [3.63, 3.8) is 0 Å². The Bertz CT molecular complexity index is 1860. The van der Waals surface area contributed by atoms with Crippen LogP contribution in [0, 0.1) is 30.6 Å². The molecule has 1 N–H and O–H groups in total. The minimum absolute atomic E-state index is 0.177. The second kappa shape index (κ2) is 13.4. The number of methoxy groups -OCH3 is 1. The fraction of sp³-hybridized carbons (Fsp3) is 0.526. The average molecular weight is 708 g/mol. The third-order valence-corrected chi connectivity index (χ3v) is 13.7. The zero-order chi connectivity index (χ0) is 34.5. The van der Waals surface area contributed by atoms with Crippen LogP contribution in [-0.4, -0.2) is 50.5 Å². The van der Waals surface area contributed by atoms with Gasteiger partial charge in [0.05, 0.1) is 22.2 Å². The largest absolute Gasteiger partial charge is 0.483 e. The lowest BCUT2D eigenvalue weighted by Gasteiger charge is -2.50. The lowest BCUT2D eigenvalue weighted by molar-refractivity contribution is -0.0753. The van der Waals surface area contributed by atoms with Crippen molar-refractivity contribution in [3.05, 3.63) is 87.8 Å². The second-order valence-electron chi connectivity index (χ2n) is 14.6. The summed E-state index contributed by atoms with van der Waals surface area (Å²) in [4.78, 5) is 15.9. The molecule has 2 aromatic carbocycles. The Balaban J connectivity index is 1.32. The monoisotopic (exact) mass is 707 g/mol. The van der Waals surface area contributed by atoms with Gasteiger partial charge in [0.2, 0.25) is 10.0 Å². The Hall–Kier alpha value is -3.34. The van der Waals surface area contributed by atoms with Gasteiger partial charge in [-0.25, -0.2) is 13.1 Å². The van der Waals surface area contributed by atoms with E-state index in [4.69, 9.17) is 25.6 Å². The van der Waals surface area contributed by atoms with E-state index in [0.717, 1.165) is 72.9 Å². The van der Waals surface area contributed by atoms with Crippen LogP contribution in [-0.2, 0) is 27.6 Å². The standard InChI is InChI=1S/C38H46ClN3O6S/c1-23-7-6-16-38(46-4,20-31-17-24(2)48-40-31)33-14-10-28(33)21-42-22-29-9-5-8-26-18-30(39)12-13-32(26)36(29)47-35-15-11-27(19-34(35)42)37(43)41-49(44,45)25(23)3/h6,11-13,15-19,23,25,28-29,33,36H,5,7-10,14,20-22H2,1-4H3,(H,41,43)/b16-6+/t23-,25+,28-,29+,33+,36?,38-/m0/s1. The molecule has 0 spiro atoms. The molecule has 4 aliphatic rings. The number of aryl methyl sites for hydroxylation is 2. The summed E-state index contributed by atoms with van der Waals surface area (Å²) >= 11 is 6.43. The summed E-state index contributed by atoms with van der Waals surface area (Å²) in [5.74, 6) is 1.22. The molecule has 2 aliphatic carbocycles. The number of sulfonamides is 1. The molecule has 0 saturated heterocycles. The van der Waals surface area contributed by atoms with Crippen molar-refractivity contribution >= 4 is 33.2 Å². The molecule has 1 amide bonds. The number of halogens is 1. The zero-order valence-corrected chi connectivity index (χ0v) is 30.2. The molecular formula is C38H46ClN3O6S. The molecule has 1 unspecified atom stereocenters. The van der Waals surface area contributed by atoms with Crippen LogP contribution < -0.4 is 14.4 Å². The Morgan fingerprint density at radius 1 is 1.08 bits per heavy atom. The summed E-state index contributed by atoms with van der Waals surface area (Å²) in [7, 11) is -2.20. The van der Waals surface area contributed by atoms with Crippen LogP contribution in [0.3, 0.4) is 0 Å². The molecule has 2 bridgehead atoms. The number of nitrogens with one attached hydrogen (secondary N) is 1. The van der Waals surface area contributed by atoms with Gasteiger partial charge in [-0.05, 0) is 112 Å². The van der Waals surface area contributed by atoms with E-state index in [2.05, 4.69) is 39.1 Å². The van der Waals surface area contributed by atoms with E-state index >= 15 is 0 Å². The molecule has 3 heterocycles. The maximum Gasteiger partial charge on any atom is 0.264 e.